The summed E-state index contributed by atoms with van der Waals surface area (Å²) in [6.07, 6.45) is -0.800. The predicted molar refractivity (Wildman–Crippen MR) is 102 cm³/mol. The first-order chi connectivity index (χ1) is 12.8. The summed E-state index contributed by atoms with van der Waals surface area (Å²) < 4.78 is 11.6. The summed E-state index contributed by atoms with van der Waals surface area (Å²) in [7, 11) is 1.73. The molecule has 2 atom stereocenters. The standard InChI is InChI=1S/C20H30N2O5/c1-14(2)16-6-5-7-17(10-16)27-15(3)20(25)22-8-9-26-18(12-22)11-21(4)13-19(23)24/h5-7,10,14-15,18H,8-9,11-13H2,1-4H3,(H,23,24)/t15-,18+/m1/s1. The summed E-state index contributed by atoms with van der Waals surface area (Å²) in [5, 5.41) is 8.86. The van der Waals surface area contributed by atoms with Crippen molar-refractivity contribution in [1.29, 1.82) is 0 Å². The van der Waals surface area contributed by atoms with E-state index in [4.69, 9.17) is 14.6 Å². The van der Waals surface area contributed by atoms with Crippen LogP contribution >= 0.6 is 0 Å². The van der Waals surface area contributed by atoms with E-state index in [2.05, 4.69) is 13.8 Å². The molecule has 7 heteroatoms. The molecule has 1 aliphatic heterocycles. The number of carbonyl (C=O) groups is 2. The number of ether oxygens (including phenoxy) is 2. The minimum absolute atomic E-state index is 0.0560. The van der Waals surface area contributed by atoms with Crippen molar-refractivity contribution in [3.63, 3.8) is 0 Å². The van der Waals surface area contributed by atoms with Crippen molar-refractivity contribution in [3.05, 3.63) is 29.8 Å². The van der Waals surface area contributed by atoms with E-state index in [1.54, 1.807) is 23.8 Å². The number of hydrogen-bond acceptors (Lipinski definition) is 5. The first-order valence-corrected chi connectivity index (χ1v) is 9.33. The predicted octanol–water partition coefficient (Wildman–Crippen LogP) is 1.82. The monoisotopic (exact) mass is 378 g/mol. The molecule has 1 fully saturated rings. The highest BCUT2D eigenvalue weighted by Crippen LogP contribution is 2.21. The molecule has 0 radical (unpaired) electrons. The number of aliphatic carboxylic acids is 1. The molecule has 1 aliphatic rings. The topological polar surface area (TPSA) is 79.3 Å². The van der Waals surface area contributed by atoms with Crippen LogP contribution in [-0.2, 0) is 14.3 Å². The van der Waals surface area contributed by atoms with Crippen molar-refractivity contribution in [3.8, 4) is 5.75 Å². The molecule has 7 nitrogen and oxygen atoms in total. The minimum atomic E-state index is -0.883. The van der Waals surface area contributed by atoms with E-state index in [9.17, 15) is 9.59 Å². The number of amides is 1. The molecule has 0 aromatic heterocycles. The largest absolute Gasteiger partial charge is 0.481 e. The SMILES string of the molecule is CC(C)c1cccc(O[C@H](C)C(=O)N2CCO[C@@H](CN(C)CC(=O)O)C2)c1. The van der Waals surface area contributed by atoms with Crippen LogP contribution in [0.3, 0.4) is 0 Å². The van der Waals surface area contributed by atoms with Gasteiger partial charge in [-0.2, -0.15) is 0 Å². The second kappa shape index (κ2) is 9.71. The van der Waals surface area contributed by atoms with Crippen molar-refractivity contribution in [2.75, 3.05) is 39.8 Å². The van der Waals surface area contributed by atoms with Crippen LogP contribution in [0.4, 0.5) is 0 Å². The van der Waals surface area contributed by atoms with Gasteiger partial charge in [0.25, 0.3) is 5.91 Å². The number of carboxylic acids is 1. The lowest BCUT2D eigenvalue weighted by molar-refractivity contribution is -0.147. The van der Waals surface area contributed by atoms with Crippen LogP contribution in [0.2, 0.25) is 0 Å². The molecule has 1 heterocycles. The van der Waals surface area contributed by atoms with Crippen LogP contribution in [-0.4, -0.2) is 78.8 Å². The summed E-state index contributed by atoms with van der Waals surface area (Å²) in [5.74, 6) is 0.112. The fourth-order valence-electron chi connectivity index (χ4n) is 3.13. The Morgan fingerprint density at radius 3 is 2.78 bits per heavy atom. The molecule has 0 aliphatic carbocycles. The number of morpholine rings is 1. The van der Waals surface area contributed by atoms with Crippen LogP contribution in [0.25, 0.3) is 0 Å². The number of nitrogens with zero attached hydrogens (tertiary/aromatic N) is 2. The highest BCUT2D eigenvalue weighted by molar-refractivity contribution is 5.81. The lowest BCUT2D eigenvalue weighted by Crippen LogP contribution is -2.52. The number of carboxylic acid groups (broad SMARTS) is 1. The second-order valence-electron chi connectivity index (χ2n) is 7.35. The second-order valence-corrected chi connectivity index (χ2v) is 7.35. The molecule has 1 aromatic carbocycles. The van der Waals surface area contributed by atoms with Gasteiger partial charge in [-0.05, 0) is 37.6 Å². The molecule has 150 valence electrons. The van der Waals surface area contributed by atoms with E-state index >= 15 is 0 Å². The highest BCUT2D eigenvalue weighted by Gasteiger charge is 2.29. The van der Waals surface area contributed by atoms with E-state index in [1.165, 1.54) is 5.56 Å². The first-order valence-electron chi connectivity index (χ1n) is 9.33. The van der Waals surface area contributed by atoms with Crippen LogP contribution in [0.15, 0.2) is 24.3 Å². The van der Waals surface area contributed by atoms with Gasteiger partial charge in [0.2, 0.25) is 0 Å². The van der Waals surface area contributed by atoms with Gasteiger partial charge < -0.3 is 19.5 Å². The fourth-order valence-corrected chi connectivity index (χ4v) is 3.13. The summed E-state index contributed by atoms with van der Waals surface area (Å²) >= 11 is 0. The lowest BCUT2D eigenvalue weighted by Gasteiger charge is -2.35. The van der Waals surface area contributed by atoms with Gasteiger partial charge in [0.05, 0.1) is 19.3 Å². The Morgan fingerprint density at radius 2 is 2.11 bits per heavy atom. The molecule has 0 saturated carbocycles. The van der Waals surface area contributed by atoms with Crippen LogP contribution < -0.4 is 4.74 Å². The maximum absolute atomic E-state index is 12.8. The molecule has 0 bridgehead atoms. The summed E-state index contributed by atoms with van der Waals surface area (Å²) in [4.78, 5) is 27.0. The zero-order chi connectivity index (χ0) is 20.0. The van der Waals surface area contributed by atoms with Crippen molar-refractivity contribution < 1.29 is 24.2 Å². The third-order valence-corrected chi connectivity index (χ3v) is 4.56. The summed E-state index contributed by atoms with van der Waals surface area (Å²) in [6, 6.07) is 7.81. The van der Waals surface area contributed by atoms with E-state index in [0.717, 1.165) is 0 Å². The number of benzene rings is 1. The van der Waals surface area contributed by atoms with E-state index in [0.29, 0.717) is 37.9 Å². The van der Waals surface area contributed by atoms with E-state index < -0.39 is 12.1 Å². The number of likely N-dealkylation sites (N-methyl/N-ethyl adjacent to an activating group) is 1. The number of carbonyl (C=O) groups excluding carboxylic acids is 1. The maximum atomic E-state index is 12.8. The molecule has 1 amide bonds. The lowest BCUT2D eigenvalue weighted by atomic mass is 10.0. The quantitative estimate of drug-likeness (QED) is 0.743. The van der Waals surface area contributed by atoms with Crippen LogP contribution in [0.1, 0.15) is 32.3 Å². The minimum Gasteiger partial charge on any atom is -0.481 e. The van der Waals surface area contributed by atoms with Gasteiger partial charge in [0, 0.05) is 19.6 Å². The van der Waals surface area contributed by atoms with Crippen molar-refractivity contribution in [1.82, 2.24) is 9.80 Å². The number of hydrogen-bond donors (Lipinski definition) is 1. The average Bonchev–Trinajstić information content (AvgIpc) is 2.60. The van der Waals surface area contributed by atoms with Gasteiger partial charge in [-0.25, -0.2) is 0 Å². The Balaban J connectivity index is 1.91. The van der Waals surface area contributed by atoms with Crippen molar-refractivity contribution >= 4 is 11.9 Å². The molecular formula is C20H30N2O5. The first kappa shape index (κ1) is 21.2. The van der Waals surface area contributed by atoms with Crippen molar-refractivity contribution in [2.24, 2.45) is 0 Å². The molecule has 0 spiro atoms. The molecule has 1 saturated heterocycles. The van der Waals surface area contributed by atoms with Gasteiger partial charge in [-0.1, -0.05) is 26.0 Å². The zero-order valence-electron chi connectivity index (χ0n) is 16.6. The van der Waals surface area contributed by atoms with Gasteiger partial charge in [0.1, 0.15) is 5.75 Å². The Hall–Kier alpha value is -2.12. The molecule has 1 N–H and O–H groups in total. The molecule has 27 heavy (non-hydrogen) atoms. The summed E-state index contributed by atoms with van der Waals surface area (Å²) in [6.45, 7) is 7.77. The molecule has 0 unspecified atom stereocenters. The van der Waals surface area contributed by atoms with Gasteiger partial charge >= 0.3 is 5.97 Å². The normalized spacial score (nSPS) is 18.6. The molecule has 1 aromatic rings. The van der Waals surface area contributed by atoms with Gasteiger partial charge in [-0.15, -0.1) is 0 Å². The van der Waals surface area contributed by atoms with E-state index in [-0.39, 0.29) is 18.6 Å². The van der Waals surface area contributed by atoms with Crippen molar-refractivity contribution in [2.45, 2.75) is 38.9 Å². The highest BCUT2D eigenvalue weighted by atomic mass is 16.5. The average molecular weight is 378 g/mol. The zero-order valence-corrected chi connectivity index (χ0v) is 16.6. The Labute approximate surface area is 160 Å². The van der Waals surface area contributed by atoms with Crippen LogP contribution in [0, 0.1) is 0 Å². The Bertz CT molecular complexity index is 649. The summed E-state index contributed by atoms with van der Waals surface area (Å²) in [5.41, 5.74) is 1.17. The van der Waals surface area contributed by atoms with Gasteiger partial charge in [-0.3, -0.25) is 14.5 Å². The fraction of sp³-hybridized carbons (Fsp3) is 0.600. The van der Waals surface area contributed by atoms with Gasteiger partial charge in [0.15, 0.2) is 6.10 Å². The number of rotatable bonds is 8. The Morgan fingerprint density at radius 1 is 1.37 bits per heavy atom. The molecule has 2 rings (SSSR count). The van der Waals surface area contributed by atoms with Crippen LogP contribution in [0.5, 0.6) is 5.75 Å². The Kier molecular flexibility index (Phi) is 7.62. The van der Waals surface area contributed by atoms with E-state index in [1.807, 2.05) is 24.3 Å². The third kappa shape index (κ3) is 6.52. The maximum Gasteiger partial charge on any atom is 0.317 e. The molecular weight excluding hydrogens is 348 g/mol. The smallest absolute Gasteiger partial charge is 0.317 e. The third-order valence-electron chi connectivity index (χ3n) is 4.56.